The van der Waals surface area contributed by atoms with Gasteiger partial charge in [-0.1, -0.05) is 6.92 Å². The maximum atomic E-state index is 5.46. The van der Waals surface area contributed by atoms with Crippen LogP contribution in [-0.2, 0) is 4.74 Å². The molecule has 0 aliphatic carbocycles. The Morgan fingerprint density at radius 1 is 1.38 bits per heavy atom. The van der Waals surface area contributed by atoms with E-state index in [1.165, 1.54) is 25.7 Å². The molecule has 0 radical (unpaired) electrons. The van der Waals surface area contributed by atoms with Crippen LogP contribution in [0.3, 0.4) is 0 Å². The number of unbranched alkanes of at least 4 members (excludes halogenated alkanes) is 1. The number of ether oxygens (including phenoxy) is 1. The van der Waals surface area contributed by atoms with Gasteiger partial charge in [0.15, 0.2) is 0 Å². The topological polar surface area (TPSA) is 9.23 Å². The van der Waals surface area contributed by atoms with E-state index in [0.29, 0.717) is 0 Å². The molecule has 1 heterocycles. The molecule has 1 saturated heterocycles. The highest BCUT2D eigenvalue weighted by atomic mass is 16.5. The Hall–Kier alpha value is -0.480. The zero-order valence-corrected chi connectivity index (χ0v) is 8.59. The fourth-order valence-electron chi connectivity index (χ4n) is 2.02. The highest BCUT2D eigenvalue weighted by Gasteiger charge is 2.19. The van der Waals surface area contributed by atoms with Crippen molar-refractivity contribution in [3.63, 3.8) is 0 Å². The van der Waals surface area contributed by atoms with Crippen LogP contribution in [0.15, 0.2) is 0 Å². The predicted octanol–water partition coefficient (Wildman–Crippen LogP) is 2.85. The van der Waals surface area contributed by atoms with Crippen molar-refractivity contribution < 1.29 is 4.74 Å². The van der Waals surface area contributed by atoms with Gasteiger partial charge in [-0.3, -0.25) is 0 Å². The molecule has 0 aromatic carbocycles. The molecule has 0 aromatic heterocycles. The summed E-state index contributed by atoms with van der Waals surface area (Å²) in [5.41, 5.74) is 0. The third-order valence-electron chi connectivity index (χ3n) is 3.05. The van der Waals surface area contributed by atoms with E-state index in [1.54, 1.807) is 0 Å². The normalized spacial score (nSPS) is 29.2. The molecule has 1 aliphatic rings. The lowest BCUT2D eigenvalue weighted by atomic mass is 9.85. The van der Waals surface area contributed by atoms with Gasteiger partial charge in [-0.15, -0.1) is 12.3 Å². The largest absolute Gasteiger partial charge is 0.381 e. The molecule has 13 heavy (non-hydrogen) atoms. The summed E-state index contributed by atoms with van der Waals surface area (Å²) < 4.78 is 5.46. The summed E-state index contributed by atoms with van der Waals surface area (Å²) in [5, 5.41) is 0. The molecular weight excluding hydrogens is 160 g/mol. The predicted molar refractivity (Wildman–Crippen MR) is 55.4 cm³/mol. The fourth-order valence-corrected chi connectivity index (χ4v) is 2.02. The lowest BCUT2D eigenvalue weighted by Gasteiger charge is -2.19. The summed E-state index contributed by atoms with van der Waals surface area (Å²) in [6.07, 6.45) is 11.1. The second-order valence-corrected chi connectivity index (χ2v) is 4.02. The molecule has 0 amide bonds. The summed E-state index contributed by atoms with van der Waals surface area (Å²) >= 11 is 0. The van der Waals surface area contributed by atoms with Crippen molar-refractivity contribution in [3.8, 4) is 12.3 Å². The number of hydrogen-bond acceptors (Lipinski definition) is 1. The van der Waals surface area contributed by atoms with Crippen LogP contribution in [0.2, 0.25) is 0 Å². The molecule has 1 heteroatoms. The average molecular weight is 180 g/mol. The van der Waals surface area contributed by atoms with Crippen LogP contribution in [0, 0.1) is 24.2 Å². The highest BCUT2D eigenvalue weighted by Crippen LogP contribution is 2.27. The summed E-state index contributed by atoms with van der Waals surface area (Å²) in [6, 6.07) is 0. The van der Waals surface area contributed by atoms with E-state index in [1.807, 2.05) is 0 Å². The highest BCUT2D eigenvalue weighted by molar-refractivity contribution is 4.83. The van der Waals surface area contributed by atoms with Crippen LogP contribution >= 0.6 is 0 Å². The van der Waals surface area contributed by atoms with Crippen molar-refractivity contribution >= 4 is 0 Å². The molecule has 74 valence electrons. The van der Waals surface area contributed by atoms with E-state index in [2.05, 4.69) is 12.8 Å². The molecule has 0 bridgehead atoms. The van der Waals surface area contributed by atoms with Crippen LogP contribution < -0.4 is 0 Å². The quantitative estimate of drug-likeness (QED) is 0.479. The fraction of sp³-hybridized carbons (Fsp3) is 0.833. The average Bonchev–Trinajstić information content (AvgIpc) is 2.32. The summed E-state index contributed by atoms with van der Waals surface area (Å²) in [7, 11) is 0. The third-order valence-corrected chi connectivity index (χ3v) is 3.05. The lowest BCUT2D eigenvalue weighted by molar-refractivity contribution is 0.140. The summed E-state index contributed by atoms with van der Waals surface area (Å²) in [5.74, 6) is 4.37. The van der Waals surface area contributed by atoms with Crippen molar-refractivity contribution in [2.75, 3.05) is 13.2 Å². The zero-order chi connectivity index (χ0) is 9.52. The Kier molecular flexibility index (Phi) is 4.93. The summed E-state index contributed by atoms with van der Waals surface area (Å²) in [6.45, 7) is 4.24. The minimum absolute atomic E-state index is 0.820. The van der Waals surface area contributed by atoms with Gasteiger partial charge < -0.3 is 4.74 Å². The first kappa shape index (κ1) is 10.6. The smallest absolute Gasteiger partial charge is 0.0468 e. The molecule has 1 rings (SSSR count). The maximum absolute atomic E-state index is 5.46. The van der Waals surface area contributed by atoms with E-state index in [4.69, 9.17) is 11.2 Å². The standard InChI is InChI=1S/C12H20O/c1-3-4-5-6-12-8-10-13-9-7-11(12)2/h1,11-12H,4-10H2,2H3. The van der Waals surface area contributed by atoms with Crippen LogP contribution in [0.1, 0.15) is 39.0 Å². The van der Waals surface area contributed by atoms with Crippen molar-refractivity contribution in [3.05, 3.63) is 0 Å². The first-order valence-corrected chi connectivity index (χ1v) is 5.36. The van der Waals surface area contributed by atoms with Crippen molar-refractivity contribution in [2.45, 2.75) is 39.0 Å². The molecule has 2 atom stereocenters. The first-order valence-electron chi connectivity index (χ1n) is 5.36. The van der Waals surface area contributed by atoms with Gasteiger partial charge in [0.25, 0.3) is 0 Å². The van der Waals surface area contributed by atoms with Crippen molar-refractivity contribution in [1.82, 2.24) is 0 Å². The molecule has 0 aromatic rings. The molecule has 1 aliphatic heterocycles. The van der Waals surface area contributed by atoms with Gasteiger partial charge in [0, 0.05) is 19.6 Å². The Bertz CT molecular complexity index is 168. The van der Waals surface area contributed by atoms with Gasteiger partial charge in [0.1, 0.15) is 0 Å². The van der Waals surface area contributed by atoms with Crippen molar-refractivity contribution in [2.24, 2.45) is 11.8 Å². The van der Waals surface area contributed by atoms with Gasteiger partial charge in [0.05, 0.1) is 0 Å². The monoisotopic (exact) mass is 180 g/mol. The molecule has 1 nitrogen and oxygen atoms in total. The Labute approximate surface area is 81.9 Å². The van der Waals surface area contributed by atoms with Gasteiger partial charge in [-0.05, 0) is 37.5 Å². The lowest BCUT2D eigenvalue weighted by Crippen LogP contribution is -2.11. The molecule has 2 unspecified atom stereocenters. The minimum atomic E-state index is 0.820. The van der Waals surface area contributed by atoms with Gasteiger partial charge in [-0.2, -0.15) is 0 Å². The molecule has 0 spiro atoms. The Balaban J connectivity index is 2.24. The van der Waals surface area contributed by atoms with E-state index >= 15 is 0 Å². The summed E-state index contributed by atoms with van der Waals surface area (Å²) in [4.78, 5) is 0. The SMILES string of the molecule is C#CCCCC1CCOCCC1C. The number of rotatable bonds is 3. The van der Waals surface area contributed by atoms with Gasteiger partial charge in [-0.25, -0.2) is 0 Å². The van der Waals surface area contributed by atoms with Crippen LogP contribution in [0.4, 0.5) is 0 Å². The maximum Gasteiger partial charge on any atom is 0.0468 e. The third kappa shape index (κ3) is 3.83. The van der Waals surface area contributed by atoms with Crippen LogP contribution in [0.25, 0.3) is 0 Å². The van der Waals surface area contributed by atoms with Gasteiger partial charge in [0.2, 0.25) is 0 Å². The van der Waals surface area contributed by atoms with E-state index in [-0.39, 0.29) is 0 Å². The van der Waals surface area contributed by atoms with Crippen LogP contribution in [-0.4, -0.2) is 13.2 Å². The molecule has 1 fully saturated rings. The zero-order valence-electron chi connectivity index (χ0n) is 8.59. The number of hydrogen-bond donors (Lipinski definition) is 0. The first-order chi connectivity index (χ1) is 6.34. The minimum Gasteiger partial charge on any atom is -0.381 e. The Morgan fingerprint density at radius 3 is 2.92 bits per heavy atom. The van der Waals surface area contributed by atoms with Gasteiger partial charge >= 0.3 is 0 Å². The molecular formula is C12H20O. The van der Waals surface area contributed by atoms with E-state index < -0.39 is 0 Å². The van der Waals surface area contributed by atoms with E-state index in [0.717, 1.165) is 31.5 Å². The van der Waals surface area contributed by atoms with E-state index in [9.17, 15) is 0 Å². The molecule has 0 saturated carbocycles. The Morgan fingerprint density at radius 2 is 2.15 bits per heavy atom. The van der Waals surface area contributed by atoms with Crippen molar-refractivity contribution in [1.29, 1.82) is 0 Å². The number of terminal acetylenes is 1. The molecule has 0 N–H and O–H groups in total. The van der Waals surface area contributed by atoms with Crippen LogP contribution in [0.5, 0.6) is 0 Å². The second kappa shape index (κ2) is 6.05. The second-order valence-electron chi connectivity index (χ2n) is 4.02.